The molecule has 0 aliphatic rings. The molecule has 0 radical (unpaired) electrons. The fraction of sp³-hybridized carbons (Fsp3) is 0.139. The van der Waals surface area contributed by atoms with Gasteiger partial charge in [-0.05, 0) is 79.6 Å². The standard InChI is InChI=1S/C36H31F2N5O3/c1-20(2)43-19-28(21-5-8-24(37)9-6-21)34(44)33-30(43)13-14-40-36(33)42-25-10-11-26(29(38)17-25)27-15-23(18-41-35(27)39)22-7-12-31(45-3)32(16-22)46-4/h5-20H,1-4H3,(H2,39,41)(H,40,42). The summed E-state index contributed by atoms with van der Waals surface area (Å²) in [5.74, 6) is 0.626. The van der Waals surface area contributed by atoms with Crippen molar-refractivity contribution in [3.05, 3.63) is 113 Å². The van der Waals surface area contributed by atoms with Gasteiger partial charge in [0.2, 0.25) is 5.43 Å². The van der Waals surface area contributed by atoms with Crippen LogP contribution in [0.4, 0.5) is 26.1 Å². The van der Waals surface area contributed by atoms with E-state index in [2.05, 4.69) is 15.3 Å². The summed E-state index contributed by atoms with van der Waals surface area (Å²) in [6.07, 6.45) is 4.98. The van der Waals surface area contributed by atoms with E-state index in [0.717, 1.165) is 5.56 Å². The predicted octanol–water partition coefficient (Wildman–Crippen LogP) is 7.99. The average Bonchev–Trinajstić information content (AvgIpc) is 3.05. The van der Waals surface area contributed by atoms with E-state index in [1.54, 1.807) is 75.3 Å². The number of fused-ring (bicyclic) bond motifs is 1. The number of rotatable bonds is 8. The minimum absolute atomic E-state index is 0.00288. The van der Waals surface area contributed by atoms with Crippen LogP contribution >= 0.6 is 0 Å². The average molecular weight is 620 g/mol. The third-order valence-corrected chi connectivity index (χ3v) is 7.82. The fourth-order valence-corrected chi connectivity index (χ4v) is 5.46. The van der Waals surface area contributed by atoms with Gasteiger partial charge in [-0.25, -0.2) is 18.7 Å². The van der Waals surface area contributed by atoms with Crippen LogP contribution in [0.15, 0.2) is 96.2 Å². The molecule has 46 heavy (non-hydrogen) atoms. The molecule has 0 saturated heterocycles. The zero-order valence-corrected chi connectivity index (χ0v) is 25.6. The minimum Gasteiger partial charge on any atom is -0.493 e. The van der Waals surface area contributed by atoms with Crippen LogP contribution in [0.3, 0.4) is 0 Å². The van der Waals surface area contributed by atoms with Gasteiger partial charge in [0, 0.05) is 52.6 Å². The summed E-state index contributed by atoms with van der Waals surface area (Å²) in [6.45, 7) is 4.00. The first-order chi connectivity index (χ1) is 22.2. The molecule has 10 heteroatoms. The summed E-state index contributed by atoms with van der Waals surface area (Å²) >= 11 is 0. The maximum Gasteiger partial charge on any atom is 0.200 e. The Balaban J connectivity index is 1.39. The van der Waals surface area contributed by atoms with E-state index in [0.29, 0.717) is 50.3 Å². The summed E-state index contributed by atoms with van der Waals surface area (Å²) < 4.78 is 42.2. The van der Waals surface area contributed by atoms with Gasteiger partial charge in [-0.15, -0.1) is 0 Å². The van der Waals surface area contributed by atoms with Crippen LogP contribution in [0.2, 0.25) is 0 Å². The number of nitrogen functional groups attached to an aromatic ring is 1. The topological polar surface area (TPSA) is 104 Å². The Morgan fingerprint density at radius 2 is 1.54 bits per heavy atom. The largest absolute Gasteiger partial charge is 0.493 e. The summed E-state index contributed by atoms with van der Waals surface area (Å²) in [5, 5.41) is 3.47. The molecular weight excluding hydrogens is 588 g/mol. The number of methoxy groups -OCH3 is 2. The lowest BCUT2D eigenvalue weighted by Gasteiger charge is -2.19. The molecule has 232 valence electrons. The molecule has 3 aromatic heterocycles. The van der Waals surface area contributed by atoms with Gasteiger partial charge in [-0.2, -0.15) is 0 Å². The number of pyridine rings is 3. The van der Waals surface area contributed by atoms with Crippen molar-refractivity contribution in [1.82, 2.24) is 14.5 Å². The smallest absolute Gasteiger partial charge is 0.200 e. The van der Waals surface area contributed by atoms with Gasteiger partial charge >= 0.3 is 0 Å². The SMILES string of the molecule is COc1ccc(-c2cnc(N)c(-c3ccc(Nc4nccc5c4c(=O)c(-c4ccc(F)cc4)cn5C(C)C)cc3F)c2)cc1OC. The number of nitrogens with zero attached hydrogens (tertiary/aromatic N) is 3. The molecule has 0 fully saturated rings. The Bertz CT molecular complexity index is 2150. The number of nitrogens with one attached hydrogen (secondary N) is 1. The Hall–Kier alpha value is -5.77. The van der Waals surface area contributed by atoms with Crippen molar-refractivity contribution in [3.63, 3.8) is 0 Å². The van der Waals surface area contributed by atoms with Gasteiger partial charge in [0.05, 0.1) is 25.1 Å². The lowest BCUT2D eigenvalue weighted by atomic mass is 10.00. The molecule has 8 nitrogen and oxygen atoms in total. The Kier molecular flexibility index (Phi) is 8.10. The molecule has 6 rings (SSSR count). The number of benzene rings is 3. The highest BCUT2D eigenvalue weighted by Crippen LogP contribution is 2.36. The van der Waals surface area contributed by atoms with Crippen molar-refractivity contribution in [2.75, 3.05) is 25.3 Å². The van der Waals surface area contributed by atoms with Crippen LogP contribution in [-0.4, -0.2) is 28.8 Å². The van der Waals surface area contributed by atoms with Crippen molar-refractivity contribution in [2.24, 2.45) is 0 Å². The third-order valence-electron chi connectivity index (χ3n) is 7.82. The van der Waals surface area contributed by atoms with Gasteiger partial charge < -0.3 is 25.1 Å². The van der Waals surface area contributed by atoms with Crippen LogP contribution in [0.1, 0.15) is 19.9 Å². The number of anilines is 3. The molecule has 6 aromatic rings. The van der Waals surface area contributed by atoms with Crippen molar-refractivity contribution in [2.45, 2.75) is 19.9 Å². The van der Waals surface area contributed by atoms with Crippen molar-refractivity contribution < 1.29 is 18.3 Å². The zero-order valence-electron chi connectivity index (χ0n) is 25.6. The summed E-state index contributed by atoms with van der Waals surface area (Å²) in [7, 11) is 3.11. The van der Waals surface area contributed by atoms with E-state index in [4.69, 9.17) is 15.2 Å². The third kappa shape index (κ3) is 5.61. The molecule has 3 heterocycles. The highest BCUT2D eigenvalue weighted by atomic mass is 19.1. The molecule has 0 aliphatic carbocycles. The molecule has 0 amide bonds. The quantitative estimate of drug-likeness (QED) is 0.178. The lowest BCUT2D eigenvalue weighted by Crippen LogP contribution is -2.15. The van der Waals surface area contributed by atoms with Crippen LogP contribution in [-0.2, 0) is 0 Å². The van der Waals surface area contributed by atoms with E-state index in [9.17, 15) is 9.18 Å². The summed E-state index contributed by atoms with van der Waals surface area (Å²) in [6, 6.07) is 19.4. The van der Waals surface area contributed by atoms with Crippen LogP contribution in [0, 0.1) is 11.6 Å². The predicted molar refractivity (Wildman–Crippen MR) is 178 cm³/mol. The van der Waals surface area contributed by atoms with E-state index in [1.807, 2.05) is 30.5 Å². The van der Waals surface area contributed by atoms with Gasteiger partial charge in [-0.3, -0.25) is 4.79 Å². The number of halogens is 2. The Labute approximate surface area is 264 Å². The van der Waals surface area contributed by atoms with Gasteiger partial charge in [0.25, 0.3) is 0 Å². The van der Waals surface area contributed by atoms with Gasteiger partial charge in [0.1, 0.15) is 23.3 Å². The molecular formula is C36H31F2N5O3. The van der Waals surface area contributed by atoms with Crippen LogP contribution in [0.5, 0.6) is 11.5 Å². The molecule has 0 spiro atoms. The zero-order chi connectivity index (χ0) is 32.5. The van der Waals surface area contributed by atoms with Crippen molar-refractivity contribution >= 4 is 28.2 Å². The monoisotopic (exact) mass is 619 g/mol. The second kappa shape index (κ2) is 12.3. The minimum atomic E-state index is -0.546. The molecule has 0 atom stereocenters. The van der Waals surface area contributed by atoms with Crippen molar-refractivity contribution in [3.8, 4) is 44.9 Å². The highest BCUT2D eigenvalue weighted by molar-refractivity contribution is 5.94. The normalized spacial score (nSPS) is 11.2. The van der Waals surface area contributed by atoms with E-state index < -0.39 is 11.6 Å². The maximum atomic E-state index is 15.8. The highest BCUT2D eigenvalue weighted by Gasteiger charge is 2.18. The molecule has 3 aromatic carbocycles. The van der Waals surface area contributed by atoms with Crippen LogP contribution in [0.25, 0.3) is 44.3 Å². The number of hydrogen-bond donors (Lipinski definition) is 2. The number of ether oxygens (including phenoxy) is 2. The van der Waals surface area contributed by atoms with Gasteiger partial charge in [0.15, 0.2) is 11.5 Å². The first kappa shape index (κ1) is 30.3. The van der Waals surface area contributed by atoms with Gasteiger partial charge in [-0.1, -0.05) is 18.2 Å². The van der Waals surface area contributed by atoms with E-state index in [-0.39, 0.29) is 28.7 Å². The summed E-state index contributed by atoms with van der Waals surface area (Å²) in [4.78, 5) is 22.6. The fourth-order valence-electron chi connectivity index (χ4n) is 5.46. The Morgan fingerprint density at radius 1 is 0.804 bits per heavy atom. The van der Waals surface area contributed by atoms with Crippen LogP contribution < -0.4 is 26.0 Å². The first-order valence-corrected chi connectivity index (χ1v) is 14.5. The summed E-state index contributed by atoms with van der Waals surface area (Å²) in [5.41, 5.74) is 10.1. The molecule has 0 bridgehead atoms. The second-order valence-corrected chi connectivity index (χ2v) is 11.0. The molecule has 0 saturated carbocycles. The lowest BCUT2D eigenvalue weighted by molar-refractivity contribution is 0.355. The molecule has 0 aliphatic heterocycles. The molecule has 3 N–H and O–H groups in total. The van der Waals surface area contributed by atoms with Crippen molar-refractivity contribution in [1.29, 1.82) is 0 Å². The maximum absolute atomic E-state index is 15.8. The van der Waals surface area contributed by atoms with E-state index >= 15 is 4.39 Å². The second-order valence-electron chi connectivity index (χ2n) is 11.0. The molecule has 0 unspecified atom stereocenters. The number of aromatic nitrogens is 3. The van der Waals surface area contributed by atoms with E-state index in [1.165, 1.54) is 18.2 Å². The number of nitrogens with two attached hydrogens (primary N) is 1. The Morgan fingerprint density at radius 3 is 2.24 bits per heavy atom. The first-order valence-electron chi connectivity index (χ1n) is 14.5. The number of hydrogen-bond acceptors (Lipinski definition) is 7.